The van der Waals surface area contributed by atoms with Crippen LogP contribution in [0.1, 0.15) is 36.1 Å². The molecule has 5 nitrogen and oxygen atoms in total. The summed E-state index contributed by atoms with van der Waals surface area (Å²) in [6.07, 6.45) is 0. The monoisotopic (exact) mass is 307 g/mol. The van der Waals surface area contributed by atoms with Crippen molar-refractivity contribution in [1.82, 2.24) is 14.9 Å². The zero-order valence-corrected chi connectivity index (χ0v) is 13.0. The molecule has 1 aromatic heterocycles. The van der Waals surface area contributed by atoms with Crippen molar-refractivity contribution in [2.45, 2.75) is 19.9 Å². The van der Waals surface area contributed by atoms with Crippen molar-refractivity contribution in [3.8, 4) is 0 Å². The fourth-order valence-electron chi connectivity index (χ4n) is 2.71. The van der Waals surface area contributed by atoms with Gasteiger partial charge in [-0.2, -0.15) is 0 Å². The molecule has 1 N–H and O–H groups in total. The summed E-state index contributed by atoms with van der Waals surface area (Å²) in [5.41, 5.74) is 2.34. The summed E-state index contributed by atoms with van der Waals surface area (Å²) in [6.45, 7) is 2.95. The highest BCUT2D eigenvalue weighted by atomic mass is 16.2. The number of amides is 1. The quantitative estimate of drug-likeness (QED) is 0.809. The molecule has 0 bridgehead atoms. The van der Waals surface area contributed by atoms with Crippen LogP contribution in [0.25, 0.3) is 11.0 Å². The molecular formula is C18H17N3O2. The zero-order chi connectivity index (χ0) is 16.4. The molecule has 1 atom stereocenters. The maximum atomic E-state index is 12.2. The smallest absolute Gasteiger partial charge is 0.229 e. The average molecular weight is 307 g/mol. The Morgan fingerprint density at radius 1 is 1.00 bits per heavy atom. The predicted octanol–water partition coefficient (Wildman–Crippen LogP) is 2.92. The Kier molecular flexibility index (Phi) is 3.93. The van der Waals surface area contributed by atoms with Gasteiger partial charge in [0.1, 0.15) is 11.9 Å². The van der Waals surface area contributed by atoms with Crippen molar-refractivity contribution in [3.63, 3.8) is 0 Å². The Morgan fingerprint density at radius 3 is 2.30 bits per heavy atom. The highest BCUT2D eigenvalue weighted by molar-refractivity contribution is 5.90. The van der Waals surface area contributed by atoms with Gasteiger partial charge in [0.15, 0.2) is 0 Å². The van der Waals surface area contributed by atoms with Crippen LogP contribution >= 0.6 is 0 Å². The predicted molar refractivity (Wildman–Crippen MR) is 88.1 cm³/mol. The molecular weight excluding hydrogens is 290 g/mol. The molecule has 0 spiro atoms. The summed E-state index contributed by atoms with van der Waals surface area (Å²) in [5.74, 6) is 0.195. The number of para-hydroxylation sites is 2. The van der Waals surface area contributed by atoms with Crippen LogP contribution in [0.15, 0.2) is 54.6 Å². The Hall–Kier alpha value is -2.95. The van der Waals surface area contributed by atoms with Gasteiger partial charge in [-0.15, -0.1) is 0 Å². The summed E-state index contributed by atoms with van der Waals surface area (Å²) in [7, 11) is 0. The minimum absolute atomic E-state index is 0.139. The lowest BCUT2D eigenvalue weighted by Crippen LogP contribution is -2.30. The first-order chi connectivity index (χ1) is 11.1. The molecule has 1 heterocycles. The van der Waals surface area contributed by atoms with Gasteiger partial charge in [-0.3, -0.25) is 14.2 Å². The summed E-state index contributed by atoms with van der Waals surface area (Å²) >= 11 is 0. The van der Waals surface area contributed by atoms with Crippen molar-refractivity contribution in [3.05, 3.63) is 66.0 Å². The van der Waals surface area contributed by atoms with Gasteiger partial charge >= 0.3 is 0 Å². The van der Waals surface area contributed by atoms with Crippen molar-refractivity contribution in [1.29, 1.82) is 0 Å². The molecule has 1 amide bonds. The number of benzene rings is 2. The lowest BCUT2D eigenvalue weighted by molar-refractivity contribution is -0.119. The molecule has 5 heteroatoms. The Labute approximate surface area is 134 Å². The van der Waals surface area contributed by atoms with Gasteiger partial charge < -0.3 is 5.32 Å². The van der Waals surface area contributed by atoms with E-state index in [0.29, 0.717) is 5.82 Å². The van der Waals surface area contributed by atoms with Gasteiger partial charge in [0.25, 0.3) is 0 Å². The lowest BCUT2D eigenvalue weighted by atomic mass is 10.1. The first-order valence-corrected chi connectivity index (χ1v) is 7.38. The molecule has 0 saturated heterocycles. The minimum atomic E-state index is -0.481. The van der Waals surface area contributed by atoms with Gasteiger partial charge in [0.2, 0.25) is 11.8 Å². The van der Waals surface area contributed by atoms with Crippen molar-refractivity contribution >= 4 is 22.8 Å². The number of aromatic nitrogens is 2. The number of nitrogens with zero attached hydrogens (tertiary/aromatic N) is 2. The summed E-state index contributed by atoms with van der Waals surface area (Å²) in [4.78, 5) is 28.4. The number of rotatable bonds is 3. The van der Waals surface area contributed by atoms with Crippen LogP contribution < -0.4 is 5.32 Å². The van der Waals surface area contributed by atoms with Crippen LogP contribution in [-0.4, -0.2) is 21.4 Å². The average Bonchev–Trinajstić information content (AvgIpc) is 2.92. The summed E-state index contributed by atoms with van der Waals surface area (Å²) in [6, 6.07) is 16.5. The van der Waals surface area contributed by atoms with E-state index in [9.17, 15) is 9.59 Å². The van der Waals surface area contributed by atoms with E-state index in [2.05, 4.69) is 10.3 Å². The fraction of sp³-hybridized carbons (Fsp3) is 0.167. The number of nitrogens with one attached hydrogen (secondary N) is 1. The second kappa shape index (κ2) is 6.04. The van der Waals surface area contributed by atoms with Crippen LogP contribution in [0, 0.1) is 0 Å². The Bertz CT molecular complexity index is 868. The lowest BCUT2D eigenvalue weighted by Gasteiger charge is -2.18. The number of hydrogen-bond acceptors (Lipinski definition) is 3. The molecule has 2 aromatic carbocycles. The standard InChI is InChI=1S/C18H17N3O2/c1-12(22)19-17(14-8-4-3-5-9-14)18-20-15-10-6-7-11-16(15)21(18)13(2)23/h3-11,17H,1-2H3,(H,19,22). The minimum Gasteiger partial charge on any atom is -0.342 e. The van der Waals surface area contributed by atoms with Crippen LogP contribution in [-0.2, 0) is 4.79 Å². The number of carbonyl (C=O) groups is 2. The van der Waals surface area contributed by atoms with E-state index in [0.717, 1.165) is 16.6 Å². The summed E-state index contributed by atoms with van der Waals surface area (Å²) < 4.78 is 1.56. The van der Waals surface area contributed by atoms with Crippen LogP contribution in [0.4, 0.5) is 0 Å². The first-order valence-electron chi connectivity index (χ1n) is 7.38. The third-order valence-electron chi connectivity index (χ3n) is 3.64. The van der Waals surface area contributed by atoms with E-state index in [-0.39, 0.29) is 11.8 Å². The molecule has 1 unspecified atom stereocenters. The number of imidazole rings is 1. The molecule has 0 saturated carbocycles. The number of fused-ring (bicyclic) bond motifs is 1. The largest absolute Gasteiger partial charge is 0.342 e. The summed E-state index contributed by atoms with van der Waals surface area (Å²) in [5, 5.41) is 2.89. The van der Waals surface area contributed by atoms with E-state index in [4.69, 9.17) is 0 Å². The van der Waals surface area contributed by atoms with Crippen LogP contribution in [0.2, 0.25) is 0 Å². The van der Waals surface area contributed by atoms with Gasteiger partial charge in [0, 0.05) is 13.8 Å². The Balaban J connectivity index is 2.23. The van der Waals surface area contributed by atoms with Gasteiger partial charge in [-0.25, -0.2) is 4.98 Å². The molecule has 0 fully saturated rings. The van der Waals surface area contributed by atoms with E-state index >= 15 is 0 Å². The van der Waals surface area contributed by atoms with Gasteiger partial charge in [0.05, 0.1) is 11.0 Å². The van der Waals surface area contributed by atoms with E-state index < -0.39 is 6.04 Å². The van der Waals surface area contributed by atoms with Gasteiger partial charge in [-0.1, -0.05) is 42.5 Å². The van der Waals surface area contributed by atoms with Crippen molar-refractivity contribution < 1.29 is 9.59 Å². The van der Waals surface area contributed by atoms with Crippen molar-refractivity contribution in [2.24, 2.45) is 0 Å². The topological polar surface area (TPSA) is 64.0 Å². The SMILES string of the molecule is CC(=O)NC(c1ccccc1)c1nc2ccccc2n1C(C)=O. The third kappa shape index (κ3) is 2.85. The number of carbonyl (C=O) groups excluding carboxylic acids is 2. The highest BCUT2D eigenvalue weighted by Gasteiger charge is 2.24. The molecule has 23 heavy (non-hydrogen) atoms. The Morgan fingerprint density at radius 2 is 1.65 bits per heavy atom. The molecule has 0 radical (unpaired) electrons. The van der Waals surface area contributed by atoms with Crippen LogP contribution in [0.3, 0.4) is 0 Å². The van der Waals surface area contributed by atoms with E-state index in [1.54, 1.807) is 4.57 Å². The third-order valence-corrected chi connectivity index (χ3v) is 3.64. The maximum absolute atomic E-state index is 12.2. The van der Waals surface area contributed by atoms with Gasteiger partial charge in [-0.05, 0) is 17.7 Å². The fourth-order valence-corrected chi connectivity index (χ4v) is 2.71. The zero-order valence-electron chi connectivity index (χ0n) is 13.0. The first kappa shape index (κ1) is 15.0. The molecule has 116 valence electrons. The second-order valence-electron chi connectivity index (χ2n) is 5.36. The molecule has 0 aliphatic carbocycles. The molecule has 0 aliphatic rings. The molecule has 3 aromatic rings. The van der Waals surface area contributed by atoms with Crippen LogP contribution in [0.5, 0.6) is 0 Å². The highest BCUT2D eigenvalue weighted by Crippen LogP contribution is 2.25. The second-order valence-corrected chi connectivity index (χ2v) is 5.36. The molecule has 3 rings (SSSR count). The maximum Gasteiger partial charge on any atom is 0.229 e. The van der Waals surface area contributed by atoms with E-state index in [1.165, 1.54) is 13.8 Å². The molecule has 0 aliphatic heterocycles. The van der Waals surface area contributed by atoms with Crippen molar-refractivity contribution in [2.75, 3.05) is 0 Å². The normalized spacial score (nSPS) is 12.1. The number of hydrogen-bond donors (Lipinski definition) is 1. The van der Waals surface area contributed by atoms with E-state index in [1.807, 2.05) is 54.6 Å².